The van der Waals surface area contributed by atoms with E-state index >= 15 is 0 Å². The summed E-state index contributed by atoms with van der Waals surface area (Å²) in [5.41, 5.74) is 1.71. The van der Waals surface area contributed by atoms with Crippen molar-refractivity contribution in [3.05, 3.63) is 11.6 Å². The van der Waals surface area contributed by atoms with E-state index in [1.54, 1.807) is 0 Å². The Balaban J connectivity index is 1.56. The Bertz CT molecular complexity index is 656. The van der Waals surface area contributed by atoms with Crippen molar-refractivity contribution >= 4 is 0 Å². The molecule has 10 atom stereocenters. The monoisotopic (exact) mass is 418 g/mol. The van der Waals surface area contributed by atoms with E-state index in [0.29, 0.717) is 35.5 Å². The molecule has 0 amide bonds. The fourth-order valence-corrected chi connectivity index (χ4v) is 8.57. The van der Waals surface area contributed by atoms with Crippen LogP contribution in [-0.2, 0) is 0 Å². The molecule has 0 aromatic heterocycles. The number of rotatable bonds is 5. The Morgan fingerprint density at radius 2 is 1.70 bits per heavy atom. The van der Waals surface area contributed by atoms with Crippen LogP contribution in [0.25, 0.3) is 0 Å². The molecule has 0 saturated heterocycles. The Morgan fingerprint density at radius 3 is 2.40 bits per heavy atom. The molecule has 0 aliphatic heterocycles. The lowest BCUT2D eigenvalue weighted by Gasteiger charge is -2.59. The maximum atomic E-state index is 11.3. The molecule has 30 heavy (non-hydrogen) atoms. The Labute approximate surface area is 184 Å². The lowest BCUT2D eigenvalue weighted by molar-refractivity contribution is -0.103. The maximum absolute atomic E-state index is 11.3. The molecule has 4 rings (SSSR count). The van der Waals surface area contributed by atoms with Crippen molar-refractivity contribution in [1.82, 2.24) is 0 Å². The van der Waals surface area contributed by atoms with E-state index in [1.165, 1.54) is 31.3 Å². The van der Waals surface area contributed by atoms with Gasteiger partial charge in [0.1, 0.15) is 0 Å². The zero-order valence-electron chi connectivity index (χ0n) is 20.0. The first kappa shape index (κ1) is 22.8. The number of aliphatic hydroxyl groups excluding tert-OH is 3. The van der Waals surface area contributed by atoms with Gasteiger partial charge < -0.3 is 15.3 Å². The van der Waals surface area contributed by atoms with Crippen LogP contribution in [-0.4, -0.2) is 33.6 Å². The molecule has 3 heteroatoms. The van der Waals surface area contributed by atoms with Crippen molar-refractivity contribution in [2.45, 2.75) is 111 Å². The van der Waals surface area contributed by atoms with E-state index in [9.17, 15) is 15.3 Å². The first-order chi connectivity index (χ1) is 14.1. The molecule has 0 bridgehead atoms. The van der Waals surface area contributed by atoms with Gasteiger partial charge in [-0.15, -0.1) is 0 Å². The smallest absolute Gasteiger partial charge is 0.0757 e. The number of aliphatic hydroxyl groups is 3. The fourth-order valence-electron chi connectivity index (χ4n) is 8.57. The van der Waals surface area contributed by atoms with Gasteiger partial charge in [0.2, 0.25) is 0 Å². The molecule has 3 saturated carbocycles. The van der Waals surface area contributed by atoms with Crippen LogP contribution in [0.15, 0.2) is 11.6 Å². The summed E-state index contributed by atoms with van der Waals surface area (Å²) in [5.74, 6) is 2.97. The standard InChI is InChI=1S/C27H46O3/c1-16(2)6-9-23(29)17(3)20-7-8-21-25-22(11-13-27(20,21)5)26(4)12-10-19(28)14-18(26)15-24(25)30/h15-17,19-25,28-30H,6-14H2,1-5H3/t17-,19?,20+,21-,22-,23?,24?,25-,26-,27+/m0/s1. The molecule has 0 aromatic carbocycles. The molecule has 0 heterocycles. The van der Waals surface area contributed by atoms with Gasteiger partial charge in [0, 0.05) is 0 Å². The topological polar surface area (TPSA) is 60.7 Å². The van der Waals surface area contributed by atoms with Crippen molar-refractivity contribution in [3.8, 4) is 0 Å². The van der Waals surface area contributed by atoms with E-state index in [0.717, 1.165) is 32.1 Å². The third kappa shape index (κ3) is 3.61. The van der Waals surface area contributed by atoms with E-state index in [-0.39, 0.29) is 29.1 Å². The lowest BCUT2D eigenvalue weighted by atomic mass is 9.46. The van der Waals surface area contributed by atoms with E-state index in [1.807, 2.05) is 0 Å². The van der Waals surface area contributed by atoms with Crippen LogP contribution in [0.4, 0.5) is 0 Å². The lowest BCUT2D eigenvalue weighted by Crippen LogP contribution is -2.55. The highest BCUT2D eigenvalue weighted by Gasteiger charge is 2.61. The quantitative estimate of drug-likeness (QED) is 0.529. The molecule has 0 radical (unpaired) electrons. The van der Waals surface area contributed by atoms with Gasteiger partial charge in [-0.25, -0.2) is 0 Å². The van der Waals surface area contributed by atoms with Crippen LogP contribution in [0.2, 0.25) is 0 Å². The Morgan fingerprint density at radius 1 is 0.967 bits per heavy atom. The van der Waals surface area contributed by atoms with Gasteiger partial charge >= 0.3 is 0 Å². The van der Waals surface area contributed by atoms with Gasteiger partial charge in [-0.3, -0.25) is 0 Å². The summed E-state index contributed by atoms with van der Waals surface area (Å²) in [6.45, 7) is 11.7. The van der Waals surface area contributed by atoms with Crippen molar-refractivity contribution < 1.29 is 15.3 Å². The summed E-state index contributed by atoms with van der Waals surface area (Å²) in [5, 5.41) is 32.4. The minimum atomic E-state index is -0.368. The zero-order chi connectivity index (χ0) is 21.8. The van der Waals surface area contributed by atoms with Crippen molar-refractivity contribution in [2.75, 3.05) is 0 Å². The van der Waals surface area contributed by atoms with Crippen LogP contribution < -0.4 is 0 Å². The summed E-state index contributed by atoms with van der Waals surface area (Å²) in [4.78, 5) is 0. The Hall–Kier alpha value is -0.380. The van der Waals surface area contributed by atoms with Crippen molar-refractivity contribution in [3.63, 3.8) is 0 Å². The van der Waals surface area contributed by atoms with Crippen LogP contribution in [0, 0.1) is 46.3 Å². The second-order valence-corrected chi connectivity index (χ2v) is 12.4. The summed E-state index contributed by atoms with van der Waals surface area (Å²) >= 11 is 0. The highest BCUT2D eigenvalue weighted by molar-refractivity contribution is 5.28. The predicted octanol–water partition coefficient (Wildman–Crippen LogP) is 5.33. The highest BCUT2D eigenvalue weighted by Crippen LogP contribution is 2.67. The van der Waals surface area contributed by atoms with Crippen molar-refractivity contribution in [2.24, 2.45) is 46.3 Å². The average molecular weight is 419 g/mol. The van der Waals surface area contributed by atoms with Gasteiger partial charge in [0.25, 0.3) is 0 Å². The van der Waals surface area contributed by atoms with Gasteiger partial charge in [-0.1, -0.05) is 46.3 Å². The van der Waals surface area contributed by atoms with Crippen LogP contribution >= 0.6 is 0 Å². The van der Waals surface area contributed by atoms with Crippen LogP contribution in [0.3, 0.4) is 0 Å². The highest BCUT2D eigenvalue weighted by atomic mass is 16.3. The summed E-state index contributed by atoms with van der Waals surface area (Å²) in [6.07, 6.45) is 10.9. The molecule has 4 aliphatic rings. The largest absolute Gasteiger partial charge is 0.393 e. The number of hydrogen-bond acceptors (Lipinski definition) is 3. The average Bonchev–Trinajstić information content (AvgIpc) is 3.04. The Kier molecular flexibility index (Phi) is 6.23. The maximum Gasteiger partial charge on any atom is 0.0757 e. The second-order valence-electron chi connectivity index (χ2n) is 12.4. The van der Waals surface area contributed by atoms with Crippen LogP contribution in [0.1, 0.15) is 92.4 Å². The second kappa shape index (κ2) is 8.19. The van der Waals surface area contributed by atoms with Crippen molar-refractivity contribution in [1.29, 1.82) is 0 Å². The van der Waals surface area contributed by atoms with Gasteiger partial charge in [0.15, 0.2) is 0 Å². The minimum absolute atomic E-state index is 0.158. The molecule has 3 N–H and O–H groups in total. The number of hydrogen-bond donors (Lipinski definition) is 3. The first-order valence-corrected chi connectivity index (χ1v) is 12.8. The van der Waals surface area contributed by atoms with Gasteiger partial charge in [-0.05, 0) is 104 Å². The summed E-state index contributed by atoms with van der Waals surface area (Å²) < 4.78 is 0. The van der Waals surface area contributed by atoms with E-state index in [4.69, 9.17) is 0 Å². The predicted molar refractivity (Wildman–Crippen MR) is 122 cm³/mol. The first-order valence-electron chi connectivity index (χ1n) is 12.8. The molecule has 3 unspecified atom stereocenters. The molecule has 4 aliphatic carbocycles. The minimum Gasteiger partial charge on any atom is -0.393 e. The molecule has 172 valence electrons. The third-order valence-electron chi connectivity index (χ3n) is 10.5. The third-order valence-corrected chi connectivity index (χ3v) is 10.5. The fraction of sp³-hybridized carbons (Fsp3) is 0.926. The molecule has 0 spiro atoms. The molecule has 3 nitrogen and oxygen atoms in total. The molecule has 3 fully saturated rings. The molecular formula is C27H46O3. The van der Waals surface area contributed by atoms with Crippen LogP contribution in [0.5, 0.6) is 0 Å². The summed E-state index contributed by atoms with van der Waals surface area (Å²) in [7, 11) is 0. The molecular weight excluding hydrogens is 372 g/mol. The molecule has 0 aromatic rings. The summed E-state index contributed by atoms with van der Waals surface area (Å²) in [6, 6.07) is 0. The SMILES string of the molecule is CC(C)CCC(O)[C@@H](C)[C@H]1CC[C@H]2[C@@H]3C(O)C=C4CC(O)CC[C@]4(C)[C@H]3CC[C@]12C. The van der Waals surface area contributed by atoms with Gasteiger partial charge in [-0.2, -0.15) is 0 Å². The number of fused-ring (bicyclic) bond motifs is 5. The van der Waals surface area contributed by atoms with Gasteiger partial charge in [0.05, 0.1) is 18.3 Å². The normalized spacial score (nSPS) is 47.8. The van der Waals surface area contributed by atoms with E-state index < -0.39 is 0 Å². The zero-order valence-corrected chi connectivity index (χ0v) is 20.0. The van der Waals surface area contributed by atoms with E-state index in [2.05, 4.69) is 40.7 Å².